The van der Waals surface area contributed by atoms with E-state index in [4.69, 9.17) is 0 Å². The van der Waals surface area contributed by atoms with Crippen molar-refractivity contribution in [2.24, 2.45) is 5.92 Å². The number of halogens is 1. The standard InChI is InChI=1S/C9H13BrN2O2/c1-3-6(2)8(10)9(13)11-7-4-5-14-12-7/h4-6,8H,3H2,1-2H3,(H,11,12,13). The number of nitrogens with one attached hydrogen (secondary N) is 1. The largest absolute Gasteiger partial charge is 0.363 e. The van der Waals surface area contributed by atoms with Gasteiger partial charge in [0.25, 0.3) is 0 Å². The van der Waals surface area contributed by atoms with E-state index in [-0.39, 0.29) is 10.7 Å². The Labute approximate surface area is 91.2 Å². The number of anilines is 1. The molecule has 0 radical (unpaired) electrons. The normalized spacial score (nSPS) is 14.8. The van der Waals surface area contributed by atoms with Crippen LogP contribution in [0, 0.1) is 5.92 Å². The SMILES string of the molecule is CCC(C)C(Br)C(=O)Nc1ccon1. The van der Waals surface area contributed by atoms with Crippen molar-refractivity contribution < 1.29 is 9.32 Å². The van der Waals surface area contributed by atoms with Crippen molar-refractivity contribution in [2.75, 3.05) is 5.32 Å². The molecule has 0 aliphatic carbocycles. The highest BCUT2D eigenvalue weighted by atomic mass is 79.9. The number of nitrogens with zero attached hydrogens (tertiary/aromatic N) is 1. The van der Waals surface area contributed by atoms with E-state index in [1.807, 2.05) is 13.8 Å². The third-order valence-corrected chi connectivity index (χ3v) is 3.40. The average molecular weight is 261 g/mol. The maximum atomic E-state index is 11.6. The zero-order valence-electron chi connectivity index (χ0n) is 8.16. The number of carbonyl (C=O) groups excluding carboxylic acids is 1. The van der Waals surface area contributed by atoms with E-state index >= 15 is 0 Å². The molecular formula is C9H13BrN2O2. The number of hydrogen-bond acceptors (Lipinski definition) is 3. The van der Waals surface area contributed by atoms with Crippen LogP contribution in [0.15, 0.2) is 16.9 Å². The Morgan fingerprint density at radius 1 is 1.79 bits per heavy atom. The van der Waals surface area contributed by atoms with E-state index < -0.39 is 0 Å². The van der Waals surface area contributed by atoms with Gasteiger partial charge in [0.05, 0.1) is 4.83 Å². The number of aromatic nitrogens is 1. The van der Waals surface area contributed by atoms with E-state index in [1.165, 1.54) is 6.26 Å². The number of alkyl halides is 1. The molecule has 1 amide bonds. The van der Waals surface area contributed by atoms with E-state index in [0.29, 0.717) is 11.7 Å². The number of amides is 1. The molecule has 0 saturated heterocycles. The summed E-state index contributed by atoms with van der Waals surface area (Å²) in [5.74, 6) is 0.651. The molecule has 0 bridgehead atoms. The van der Waals surface area contributed by atoms with Gasteiger partial charge in [0.15, 0.2) is 5.82 Å². The molecule has 5 heteroatoms. The van der Waals surface area contributed by atoms with Gasteiger partial charge in [0.2, 0.25) is 5.91 Å². The second kappa shape index (κ2) is 5.14. The Morgan fingerprint density at radius 2 is 2.50 bits per heavy atom. The van der Waals surface area contributed by atoms with Gasteiger partial charge in [0.1, 0.15) is 6.26 Å². The molecule has 78 valence electrons. The van der Waals surface area contributed by atoms with Gasteiger partial charge in [0, 0.05) is 6.07 Å². The molecule has 2 unspecified atom stereocenters. The topological polar surface area (TPSA) is 55.1 Å². The van der Waals surface area contributed by atoms with Crippen LogP contribution in [0.25, 0.3) is 0 Å². The fraction of sp³-hybridized carbons (Fsp3) is 0.556. The molecule has 1 rings (SSSR count). The molecule has 0 spiro atoms. The first kappa shape index (κ1) is 11.2. The minimum Gasteiger partial charge on any atom is -0.363 e. The van der Waals surface area contributed by atoms with Crippen molar-refractivity contribution in [1.29, 1.82) is 0 Å². The molecule has 0 fully saturated rings. The second-order valence-corrected chi connectivity index (χ2v) is 4.15. The lowest BCUT2D eigenvalue weighted by molar-refractivity contribution is -0.116. The Hall–Kier alpha value is -0.840. The summed E-state index contributed by atoms with van der Waals surface area (Å²) in [4.78, 5) is 11.4. The van der Waals surface area contributed by atoms with Gasteiger partial charge in [-0.3, -0.25) is 4.79 Å². The zero-order chi connectivity index (χ0) is 10.6. The first-order chi connectivity index (χ1) is 6.65. The van der Waals surface area contributed by atoms with Crippen LogP contribution in [0.1, 0.15) is 20.3 Å². The quantitative estimate of drug-likeness (QED) is 0.847. The summed E-state index contributed by atoms with van der Waals surface area (Å²) in [7, 11) is 0. The van der Waals surface area contributed by atoms with E-state index in [9.17, 15) is 4.79 Å². The summed E-state index contributed by atoms with van der Waals surface area (Å²) in [5, 5.41) is 6.24. The Morgan fingerprint density at radius 3 is 3.00 bits per heavy atom. The fourth-order valence-corrected chi connectivity index (χ4v) is 1.43. The predicted octanol–water partition coefficient (Wildman–Crippen LogP) is 2.42. The minimum atomic E-state index is -0.191. The number of rotatable bonds is 4. The molecule has 14 heavy (non-hydrogen) atoms. The lowest BCUT2D eigenvalue weighted by Gasteiger charge is -2.14. The molecule has 2 atom stereocenters. The van der Waals surface area contributed by atoms with Crippen molar-refractivity contribution in [3.63, 3.8) is 0 Å². The molecule has 1 aromatic rings. The highest BCUT2D eigenvalue weighted by Crippen LogP contribution is 2.17. The molecule has 0 aromatic carbocycles. The van der Waals surface area contributed by atoms with E-state index in [1.54, 1.807) is 6.07 Å². The van der Waals surface area contributed by atoms with Gasteiger partial charge in [-0.1, -0.05) is 41.4 Å². The van der Waals surface area contributed by atoms with Gasteiger partial charge >= 0.3 is 0 Å². The Balaban J connectivity index is 2.50. The monoisotopic (exact) mass is 260 g/mol. The summed E-state index contributed by atoms with van der Waals surface area (Å²) in [6, 6.07) is 1.61. The van der Waals surface area contributed by atoms with Crippen molar-refractivity contribution in [3.8, 4) is 0 Å². The Kier molecular flexibility index (Phi) is 4.13. The minimum absolute atomic E-state index is 0.0896. The molecule has 1 N–H and O–H groups in total. The maximum Gasteiger partial charge on any atom is 0.239 e. The van der Waals surface area contributed by atoms with Gasteiger partial charge < -0.3 is 9.84 Å². The maximum absolute atomic E-state index is 11.6. The van der Waals surface area contributed by atoms with Crippen molar-refractivity contribution in [2.45, 2.75) is 25.1 Å². The Bertz CT molecular complexity index is 287. The lowest BCUT2D eigenvalue weighted by Crippen LogP contribution is -2.28. The van der Waals surface area contributed by atoms with Gasteiger partial charge in [-0.25, -0.2) is 0 Å². The number of hydrogen-bond donors (Lipinski definition) is 1. The predicted molar refractivity (Wildman–Crippen MR) is 57.3 cm³/mol. The zero-order valence-corrected chi connectivity index (χ0v) is 9.74. The van der Waals surface area contributed by atoms with Gasteiger partial charge in [-0.05, 0) is 5.92 Å². The summed E-state index contributed by atoms with van der Waals surface area (Å²) < 4.78 is 4.60. The summed E-state index contributed by atoms with van der Waals surface area (Å²) >= 11 is 3.34. The van der Waals surface area contributed by atoms with Gasteiger partial charge in [-0.15, -0.1) is 0 Å². The van der Waals surface area contributed by atoms with Crippen molar-refractivity contribution >= 4 is 27.7 Å². The van der Waals surface area contributed by atoms with Crippen LogP contribution in [0.2, 0.25) is 0 Å². The third kappa shape index (κ3) is 2.83. The number of carbonyl (C=O) groups is 1. The highest BCUT2D eigenvalue weighted by Gasteiger charge is 2.21. The van der Waals surface area contributed by atoms with Crippen molar-refractivity contribution in [1.82, 2.24) is 5.16 Å². The molecule has 1 aromatic heterocycles. The van der Waals surface area contributed by atoms with Crippen LogP contribution in [0.5, 0.6) is 0 Å². The van der Waals surface area contributed by atoms with Crippen LogP contribution in [-0.4, -0.2) is 15.9 Å². The van der Waals surface area contributed by atoms with Crippen LogP contribution < -0.4 is 5.32 Å². The molecule has 0 saturated carbocycles. The first-order valence-corrected chi connectivity index (χ1v) is 5.42. The van der Waals surface area contributed by atoms with Gasteiger partial charge in [-0.2, -0.15) is 0 Å². The summed E-state index contributed by atoms with van der Waals surface area (Å²) in [5.41, 5.74) is 0. The third-order valence-electron chi connectivity index (χ3n) is 2.08. The molecule has 4 nitrogen and oxygen atoms in total. The average Bonchev–Trinajstić information content (AvgIpc) is 2.68. The molecule has 0 aliphatic heterocycles. The molecule has 0 aliphatic rings. The fourth-order valence-electron chi connectivity index (χ4n) is 0.938. The van der Waals surface area contributed by atoms with Crippen LogP contribution in [0.4, 0.5) is 5.82 Å². The second-order valence-electron chi connectivity index (χ2n) is 3.16. The summed E-state index contributed by atoms with van der Waals surface area (Å²) in [6.07, 6.45) is 2.37. The van der Waals surface area contributed by atoms with Crippen LogP contribution in [0.3, 0.4) is 0 Å². The smallest absolute Gasteiger partial charge is 0.239 e. The molecular weight excluding hydrogens is 248 g/mol. The van der Waals surface area contributed by atoms with Crippen LogP contribution >= 0.6 is 15.9 Å². The van der Waals surface area contributed by atoms with E-state index in [0.717, 1.165) is 6.42 Å². The highest BCUT2D eigenvalue weighted by molar-refractivity contribution is 9.10. The van der Waals surface area contributed by atoms with E-state index in [2.05, 4.69) is 30.9 Å². The molecule has 1 heterocycles. The first-order valence-electron chi connectivity index (χ1n) is 4.50. The summed E-state index contributed by atoms with van der Waals surface area (Å²) in [6.45, 7) is 4.06. The lowest BCUT2D eigenvalue weighted by atomic mass is 10.1. The van der Waals surface area contributed by atoms with Crippen LogP contribution in [-0.2, 0) is 4.79 Å². The van der Waals surface area contributed by atoms with Crippen molar-refractivity contribution in [3.05, 3.63) is 12.3 Å².